The van der Waals surface area contributed by atoms with Crippen LogP contribution in [0.2, 0.25) is 0 Å². The van der Waals surface area contributed by atoms with Gasteiger partial charge in [0.05, 0.1) is 5.39 Å². The molecule has 206 valence electrons. The van der Waals surface area contributed by atoms with Gasteiger partial charge in [-0.25, -0.2) is 9.37 Å². The molecule has 3 N–H and O–H groups in total. The largest absolute Gasteiger partial charge is 0.451 e. The summed E-state index contributed by atoms with van der Waals surface area (Å²) in [5.74, 6) is -0.507. The highest BCUT2D eigenvalue weighted by molar-refractivity contribution is 5.94. The summed E-state index contributed by atoms with van der Waals surface area (Å²) in [6.45, 7) is 3.36. The maximum atomic E-state index is 13.5. The van der Waals surface area contributed by atoms with E-state index in [4.69, 9.17) is 4.42 Å². The Labute approximate surface area is 230 Å². The van der Waals surface area contributed by atoms with Crippen LogP contribution in [-0.2, 0) is 6.54 Å². The minimum Gasteiger partial charge on any atom is -0.451 e. The number of halogens is 1. The predicted molar refractivity (Wildman–Crippen MR) is 150 cm³/mol. The van der Waals surface area contributed by atoms with Crippen LogP contribution in [0.3, 0.4) is 0 Å². The van der Waals surface area contributed by atoms with Crippen molar-refractivity contribution in [3.63, 3.8) is 0 Å². The highest BCUT2D eigenvalue weighted by Crippen LogP contribution is 2.17. The van der Waals surface area contributed by atoms with Crippen molar-refractivity contribution in [2.24, 2.45) is 0 Å². The normalized spacial score (nSPS) is 14.1. The number of carbonyl (C=O) groups excluding carboxylic acids is 2. The molecule has 40 heavy (non-hydrogen) atoms. The zero-order valence-electron chi connectivity index (χ0n) is 21.9. The minimum absolute atomic E-state index is 0.0496. The van der Waals surface area contributed by atoms with Gasteiger partial charge >= 0.3 is 0 Å². The van der Waals surface area contributed by atoms with Crippen molar-refractivity contribution >= 4 is 28.6 Å². The van der Waals surface area contributed by atoms with E-state index in [1.807, 2.05) is 42.5 Å². The van der Waals surface area contributed by atoms with E-state index in [0.717, 1.165) is 56.0 Å². The molecular formula is C30H30FN5O4. The van der Waals surface area contributed by atoms with Crippen molar-refractivity contribution in [3.05, 3.63) is 106 Å². The fourth-order valence-corrected chi connectivity index (χ4v) is 4.69. The van der Waals surface area contributed by atoms with Crippen LogP contribution >= 0.6 is 0 Å². The molecule has 0 saturated carbocycles. The second-order valence-corrected chi connectivity index (χ2v) is 9.73. The van der Waals surface area contributed by atoms with Crippen molar-refractivity contribution in [3.8, 4) is 0 Å². The molecule has 1 aliphatic heterocycles. The Bertz CT molecular complexity index is 1530. The maximum absolute atomic E-state index is 13.5. The maximum Gasteiger partial charge on any atom is 0.287 e. The summed E-state index contributed by atoms with van der Waals surface area (Å²) in [4.78, 5) is 43.9. The average Bonchev–Trinajstić information content (AvgIpc) is 2.97. The number of amides is 2. The molecule has 0 atom stereocenters. The quantitative estimate of drug-likeness (QED) is 0.277. The van der Waals surface area contributed by atoms with Crippen LogP contribution < -0.4 is 21.4 Å². The lowest BCUT2D eigenvalue weighted by molar-refractivity contribution is 0.0880. The number of nitrogens with one attached hydrogen (secondary N) is 3. The zero-order chi connectivity index (χ0) is 27.9. The first-order chi connectivity index (χ1) is 19.4. The van der Waals surface area contributed by atoms with Gasteiger partial charge in [-0.05, 0) is 54.8 Å². The lowest BCUT2D eigenvalue weighted by Crippen LogP contribution is -2.44. The lowest BCUT2D eigenvalue weighted by Gasteiger charge is -2.32. The summed E-state index contributed by atoms with van der Waals surface area (Å²) in [5, 5.41) is 9.22. The summed E-state index contributed by atoms with van der Waals surface area (Å²) in [6.07, 6.45) is 3.19. The van der Waals surface area contributed by atoms with E-state index in [2.05, 4.69) is 25.8 Å². The van der Waals surface area contributed by atoms with Gasteiger partial charge in [-0.15, -0.1) is 0 Å². The van der Waals surface area contributed by atoms with Gasteiger partial charge in [-0.1, -0.05) is 18.2 Å². The third-order valence-electron chi connectivity index (χ3n) is 6.84. The van der Waals surface area contributed by atoms with E-state index >= 15 is 0 Å². The molecule has 0 bridgehead atoms. The number of aromatic nitrogens is 1. The molecule has 0 spiro atoms. The molecule has 9 nitrogen and oxygen atoms in total. The number of pyridine rings is 1. The Morgan fingerprint density at radius 3 is 2.52 bits per heavy atom. The molecule has 4 aromatic rings. The number of rotatable bonds is 9. The van der Waals surface area contributed by atoms with Crippen LogP contribution in [0.15, 0.2) is 82.1 Å². The summed E-state index contributed by atoms with van der Waals surface area (Å²) in [7, 11) is 0. The fourth-order valence-electron chi connectivity index (χ4n) is 4.69. The Morgan fingerprint density at radius 2 is 1.77 bits per heavy atom. The second kappa shape index (κ2) is 12.5. The van der Waals surface area contributed by atoms with Gasteiger partial charge in [0.15, 0.2) is 11.2 Å². The molecule has 10 heteroatoms. The number of nitrogens with zero attached hydrogens (tertiary/aromatic N) is 2. The molecule has 1 saturated heterocycles. The highest BCUT2D eigenvalue weighted by Gasteiger charge is 2.23. The van der Waals surface area contributed by atoms with Gasteiger partial charge in [0.1, 0.15) is 17.2 Å². The third-order valence-corrected chi connectivity index (χ3v) is 6.84. The number of likely N-dealkylation sites (tertiary alicyclic amines) is 1. The topological polar surface area (TPSA) is 117 Å². The summed E-state index contributed by atoms with van der Waals surface area (Å²) < 4.78 is 19.0. The predicted octanol–water partition coefficient (Wildman–Crippen LogP) is 3.56. The number of anilines is 1. The molecule has 0 aliphatic carbocycles. The molecule has 1 fully saturated rings. The smallest absolute Gasteiger partial charge is 0.287 e. The molecule has 3 heterocycles. The number of fused-ring (bicyclic) bond motifs is 1. The van der Waals surface area contributed by atoms with Crippen molar-refractivity contribution in [2.45, 2.75) is 25.4 Å². The lowest BCUT2D eigenvalue weighted by atomic mass is 10.0. The van der Waals surface area contributed by atoms with Crippen LogP contribution in [0.1, 0.15) is 39.3 Å². The minimum atomic E-state index is -0.538. The van der Waals surface area contributed by atoms with Crippen LogP contribution in [0, 0.1) is 5.82 Å². The number of hydrogen-bond acceptors (Lipinski definition) is 7. The van der Waals surface area contributed by atoms with Gasteiger partial charge in [-0.3, -0.25) is 19.3 Å². The van der Waals surface area contributed by atoms with Gasteiger partial charge in [0.2, 0.25) is 0 Å². The molecular weight excluding hydrogens is 513 g/mol. The Kier molecular flexibility index (Phi) is 8.46. The van der Waals surface area contributed by atoms with Crippen LogP contribution in [0.5, 0.6) is 0 Å². The Hall–Kier alpha value is -4.57. The molecule has 2 aromatic heterocycles. The van der Waals surface area contributed by atoms with Crippen molar-refractivity contribution < 1.29 is 18.4 Å². The summed E-state index contributed by atoms with van der Waals surface area (Å²) in [6, 6.07) is 17.9. The Balaban J connectivity index is 1.06. The SMILES string of the molecule is O=C(NCCNc1ccccn1)c1ccc(CN2CCC(NC(=O)c3cc(=O)c4ccc(F)cc4o3)CC2)cc1. The number of hydrogen-bond donors (Lipinski definition) is 3. The monoisotopic (exact) mass is 543 g/mol. The third kappa shape index (κ3) is 6.89. The molecule has 2 aromatic carbocycles. The second-order valence-electron chi connectivity index (χ2n) is 9.73. The van der Waals surface area contributed by atoms with Crippen LogP contribution in [0.25, 0.3) is 11.0 Å². The van der Waals surface area contributed by atoms with E-state index in [1.165, 1.54) is 12.1 Å². The van der Waals surface area contributed by atoms with Crippen LogP contribution in [-0.4, -0.2) is 53.9 Å². The van der Waals surface area contributed by atoms with E-state index in [9.17, 15) is 18.8 Å². The van der Waals surface area contributed by atoms with Crippen molar-refractivity contribution in [1.29, 1.82) is 0 Å². The van der Waals surface area contributed by atoms with Gasteiger partial charge in [-0.2, -0.15) is 0 Å². The molecule has 0 unspecified atom stereocenters. The van der Waals surface area contributed by atoms with E-state index in [-0.39, 0.29) is 34.1 Å². The van der Waals surface area contributed by atoms with Gasteiger partial charge in [0, 0.05) is 62.7 Å². The zero-order valence-corrected chi connectivity index (χ0v) is 21.9. The number of carbonyl (C=O) groups is 2. The molecule has 5 rings (SSSR count). The summed E-state index contributed by atoms with van der Waals surface area (Å²) in [5.41, 5.74) is 1.36. The fraction of sp³-hybridized carbons (Fsp3) is 0.267. The van der Waals surface area contributed by atoms with Crippen molar-refractivity contribution in [1.82, 2.24) is 20.5 Å². The first kappa shape index (κ1) is 27.0. The van der Waals surface area contributed by atoms with E-state index < -0.39 is 11.7 Å². The molecule has 2 amide bonds. The first-order valence-electron chi connectivity index (χ1n) is 13.2. The Morgan fingerprint density at radius 1 is 0.975 bits per heavy atom. The molecule has 0 radical (unpaired) electrons. The van der Waals surface area contributed by atoms with E-state index in [1.54, 1.807) is 6.20 Å². The molecule has 1 aliphatic rings. The van der Waals surface area contributed by atoms with Crippen molar-refractivity contribution in [2.75, 3.05) is 31.5 Å². The van der Waals surface area contributed by atoms with Gasteiger partial charge in [0.25, 0.3) is 11.8 Å². The van der Waals surface area contributed by atoms with Crippen LogP contribution in [0.4, 0.5) is 10.2 Å². The number of piperidine rings is 1. The van der Waals surface area contributed by atoms with E-state index in [0.29, 0.717) is 18.7 Å². The summed E-state index contributed by atoms with van der Waals surface area (Å²) >= 11 is 0. The number of benzene rings is 2. The average molecular weight is 544 g/mol. The first-order valence-corrected chi connectivity index (χ1v) is 13.2. The highest BCUT2D eigenvalue weighted by atomic mass is 19.1. The van der Waals surface area contributed by atoms with Gasteiger partial charge < -0.3 is 20.4 Å². The standard InChI is InChI=1S/C30H30FN5O4/c31-22-8-9-24-25(37)18-27(40-26(24)17-22)30(39)35-23-10-15-36(16-11-23)19-20-4-6-21(7-5-20)29(38)34-14-13-33-28-3-1-2-12-32-28/h1-9,12,17-18,23H,10-11,13-16,19H2,(H,32,33)(H,34,38)(H,35,39).